The number of esters is 1. The zero-order valence-corrected chi connectivity index (χ0v) is 13.7. The third-order valence-electron chi connectivity index (χ3n) is 4.14. The van der Waals surface area contributed by atoms with E-state index in [9.17, 15) is 4.79 Å². The SMILES string of the molecule is COC(=O)c1nnn(C)c1CN(C)C(C)(C)c1ccccc1. The molecular weight excluding hydrogens is 280 g/mol. The van der Waals surface area contributed by atoms with Gasteiger partial charge in [-0.05, 0) is 26.5 Å². The highest BCUT2D eigenvalue weighted by Gasteiger charge is 2.28. The first-order chi connectivity index (χ1) is 10.4. The van der Waals surface area contributed by atoms with Gasteiger partial charge < -0.3 is 4.74 Å². The van der Waals surface area contributed by atoms with Crippen molar-refractivity contribution in [1.29, 1.82) is 0 Å². The van der Waals surface area contributed by atoms with E-state index in [2.05, 4.69) is 41.2 Å². The molecule has 0 aliphatic heterocycles. The van der Waals surface area contributed by atoms with Crippen LogP contribution in [0.1, 0.15) is 35.6 Å². The summed E-state index contributed by atoms with van der Waals surface area (Å²) >= 11 is 0. The van der Waals surface area contributed by atoms with Gasteiger partial charge in [0.25, 0.3) is 0 Å². The van der Waals surface area contributed by atoms with Gasteiger partial charge >= 0.3 is 5.97 Å². The molecule has 1 aromatic carbocycles. The smallest absolute Gasteiger partial charge is 0.360 e. The number of hydrogen-bond donors (Lipinski definition) is 0. The highest BCUT2D eigenvalue weighted by molar-refractivity contribution is 5.88. The minimum absolute atomic E-state index is 0.196. The fraction of sp³-hybridized carbons (Fsp3) is 0.438. The van der Waals surface area contributed by atoms with Crippen molar-refractivity contribution in [3.8, 4) is 0 Å². The average molecular weight is 302 g/mol. The maximum atomic E-state index is 11.8. The molecule has 0 atom stereocenters. The molecule has 0 saturated heterocycles. The molecule has 1 aromatic heterocycles. The van der Waals surface area contributed by atoms with Gasteiger partial charge in [-0.2, -0.15) is 0 Å². The summed E-state index contributed by atoms with van der Waals surface area (Å²) in [5.74, 6) is -0.464. The van der Waals surface area contributed by atoms with E-state index in [1.165, 1.54) is 12.7 Å². The van der Waals surface area contributed by atoms with Crippen LogP contribution in [0.15, 0.2) is 30.3 Å². The molecule has 0 fully saturated rings. The molecule has 0 aliphatic rings. The summed E-state index contributed by atoms with van der Waals surface area (Å²) in [5.41, 5.74) is 2.00. The van der Waals surface area contributed by atoms with Crippen LogP contribution >= 0.6 is 0 Å². The van der Waals surface area contributed by atoms with Crippen molar-refractivity contribution in [2.24, 2.45) is 7.05 Å². The lowest BCUT2D eigenvalue weighted by Gasteiger charge is -2.36. The predicted octanol–water partition coefficient (Wildman–Crippen LogP) is 1.97. The van der Waals surface area contributed by atoms with Gasteiger partial charge in [-0.1, -0.05) is 35.5 Å². The van der Waals surface area contributed by atoms with Gasteiger partial charge in [0.05, 0.1) is 12.8 Å². The molecule has 118 valence electrons. The summed E-state index contributed by atoms with van der Waals surface area (Å²) in [6.45, 7) is 4.82. The fourth-order valence-electron chi connectivity index (χ4n) is 2.30. The van der Waals surface area contributed by atoms with Crippen LogP contribution in [0.3, 0.4) is 0 Å². The third-order valence-corrected chi connectivity index (χ3v) is 4.14. The van der Waals surface area contributed by atoms with Crippen molar-refractivity contribution >= 4 is 5.97 Å². The van der Waals surface area contributed by atoms with E-state index in [4.69, 9.17) is 4.74 Å². The standard InChI is InChI=1S/C16H22N4O2/c1-16(2,12-9-7-6-8-10-12)19(3)11-13-14(15(21)22-5)17-18-20(13)4/h6-10H,11H2,1-5H3. The number of carbonyl (C=O) groups excluding carboxylic acids is 1. The van der Waals surface area contributed by atoms with Crippen LogP contribution in [0.25, 0.3) is 0 Å². The predicted molar refractivity (Wildman–Crippen MR) is 83.3 cm³/mol. The first kappa shape index (κ1) is 16.2. The number of aryl methyl sites for hydroxylation is 1. The van der Waals surface area contributed by atoms with Gasteiger partial charge in [-0.3, -0.25) is 9.58 Å². The Kier molecular flexibility index (Phi) is 4.61. The van der Waals surface area contributed by atoms with Gasteiger partial charge in [0, 0.05) is 19.1 Å². The number of hydrogen-bond acceptors (Lipinski definition) is 5. The molecule has 0 saturated carbocycles. The van der Waals surface area contributed by atoms with E-state index in [0.717, 1.165) is 5.69 Å². The lowest BCUT2D eigenvalue weighted by molar-refractivity contribution is 0.0589. The fourth-order valence-corrected chi connectivity index (χ4v) is 2.30. The Balaban J connectivity index is 2.27. The summed E-state index contributed by atoms with van der Waals surface area (Å²) in [6, 6.07) is 10.2. The second-order valence-electron chi connectivity index (χ2n) is 5.78. The van der Waals surface area contributed by atoms with Crippen LogP contribution in [0.2, 0.25) is 0 Å². The topological polar surface area (TPSA) is 60.2 Å². The van der Waals surface area contributed by atoms with E-state index in [-0.39, 0.29) is 11.2 Å². The van der Waals surface area contributed by atoms with Gasteiger partial charge in [-0.15, -0.1) is 5.10 Å². The van der Waals surface area contributed by atoms with Crippen LogP contribution in [0.5, 0.6) is 0 Å². The number of ether oxygens (including phenoxy) is 1. The van der Waals surface area contributed by atoms with Gasteiger partial charge in [0.1, 0.15) is 0 Å². The second-order valence-corrected chi connectivity index (χ2v) is 5.78. The molecule has 0 radical (unpaired) electrons. The first-order valence-electron chi connectivity index (χ1n) is 7.11. The lowest BCUT2D eigenvalue weighted by Crippen LogP contribution is -2.38. The van der Waals surface area contributed by atoms with Crippen molar-refractivity contribution in [1.82, 2.24) is 19.9 Å². The van der Waals surface area contributed by atoms with Crippen molar-refractivity contribution in [2.45, 2.75) is 25.9 Å². The Morgan fingerprint density at radius 3 is 2.55 bits per heavy atom. The van der Waals surface area contributed by atoms with Gasteiger partial charge in [0.2, 0.25) is 0 Å². The Morgan fingerprint density at radius 2 is 1.95 bits per heavy atom. The maximum absolute atomic E-state index is 11.8. The van der Waals surface area contributed by atoms with Crippen LogP contribution in [-0.2, 0) is 23.9 Å². The minimum atomic E-state index is -0.464. The zero-order valence-electron chi connectivity index (χ0n) is 13.7. The molecule has 0 N–H and O–H groups in total. The van der Waals surface area contributed by atoms with Crippen molar-refractivity contribution in [2.75, 3.05) is 14.2 Å². The summed E-state index contributed by atoms with van der Waals surface area (Å²) in [4.78, 5) is 14.0. The average Bonchev–Trinajstić information content (AvgIpc) is 2.88. The van der Waals surface area contributed by atoms with Gasteiger partial charge in [-0.25, -0.2) is 4.79 Å². The molecule has 1 heterocycles. The Bertz CT molecular complexity index is 649. The molecule has 6 heteroatoms. The van der Waals surface area contributed by atoms with Crippen molar-refractivity contribution in [3.63, 3.8) is 0 Å². The van der Waals surface area contributed by atoms with E-state index in [1.54, 1.807) is 11.7 Å². The van der Waals surface area contributed by atoms with Crippen molar-refractivity contribution in [3.05, 3.63) is 47.3 Å². The van der Waals surface area contributed by atoms with E-state index in [1.807, 2.05) is 25.2 Å². The quantitative estimate of drug-likeness (QED) is 0.790. The number of carbonyl (C=O) groups is 1. The molecule has 6 nitrogen and oxygen atoms in total. The number of benzene rings is 1. The Morgan fingerprint density at radius 1 is 1.32 bits per heavy atom. The number of aromatic nitrogens is 3. The number of nitrogens with zero attached hydrogens (tertiary/aromatic N) is 4. The second kappa shape index (κ2) is 6.27. The summed E-state index contributed by atoms with van der Waals surface area (Å²) in [6.07, 6.45) is 0. The van der Waals surface area contributed by atoms with Crippen LogP contribution in [-0.4, -0.2) is 40.0 Å². The van der Waals surface area contributed by atoms with E-state index >= 15 is 0 Å². The summed E-state index contributed by atoms with van der Waals surface area (Å²) in [5, 5.41) is 7.84. The van der Waals surface area contributed by atoms with Crippen LogP contribution in [0, 0.1) is 0 Å². The highest BCUT2D eigenvalue weighted by Crippen LogP contribution is 2.28. The van der Waals surface area contributed by atoms with Crippen LogP contribution < -0.4 is 0 Å². The van der Waals surface area contributed by atoms with E-state index < -0.39 is 5.97 Å². The molecule has 22 heavy (non-hydrogen) atoms. The van der Waals surface area contributed by atoms with Crippen LogP contribution in [0.4, 0.5) is 0 Å². The molecule has 0 spiro atoms. The largest absolute Gasteiger partial charge is 0.464 e. The maximum Gasteiger partial charge on any atom is 0.360 e. The number of methoxy groups -OCH3 is 1. The van der Waals surface area contributed by atoms with Crippen molar-refractivity contribution < 1.29 is 9.53 Å². The monoisotopic (exact) mass is 302 g/mol. The molecular formula is C16H22N4O2. The summed E-state index contributed by atoms with van der Waals surface area (Å²) < 4.78 is 6.38. The molecule has 0 aliphatic carbocycles. The number of rotatable bonds is 5. The molecule has 2 rings (SSSR count). The minimum Gasteiger partial charge on any atom is -0.464 e. The third kappa shape index (κ3) is 3.01. The summed E-state index contributed by atoms with van der Waals surface area (Å²) in [7, 11) is 5.14. The molecule has 0 bridgehead atoms. The lowest BCUT2D eigenvalue weighted by atomic mass is 9.92. The Labute approximate surface area is 130 Å². The normalized spacial score (nSPS) is 11.7. The first-order valence-corrected chi connectivity index (χ1v) is 7.11. The molecule has 0 unspecified atom stereocenters. The van der Waals surface area contributed by atoms with Gasteiger partial charge in [0.15, 0.2) is 5.69 Å². The Hall–Kier alpha value is -2.21. The highest BCUT2D eigenvalue weighted by atomic mass is 16.5. The molecule has 2 aromatic rings. The zero-order chi connectivity index (χ0) is 16.3. The van der Waals surface area contributed by atoms with E-state index in [0.29, 0.717) is 6.54 Å². The molecule has 0 amide bonds.